The molecule has 0 aliphatic rings. The van der Waals surface area contributed by atoms with Crippen molar-refractivity contribution in [2.24, 2.45) is 5.73 Å². The van der Waals surface area contributed by atoms with Crippen LogP contribution in [-0.4, -0.2) is 15.1 Å². The van der Waals surface area contributed by atoms with Crippen molar-refractivity contribution in [1.29, 1.82) is 0 Å². The standard InChI is InChI=1S/C8H10N4OS/c1-4(9)7-11-8(13-12-7)6-3-14-5(2)10-6/h3-4H,9H2,1-2H3. The topological polar surface area (TPSA) is 77.8 Å². The molecule has 0 fully saturated rings. The Morgan fingerprint density at radius 2 is 2.29 bits per heavy atom. The fraction of sp³-hybridized carbons (Fsp3) is 0.375. The normalized spacial score (nSPS) is 13.1. The summed E-state index contributed by atoms with van der Waals surface area (Å²) in [7, 11) is 0. The monoisotopic (exact) mass is 210 g/mol. The van der Waals surface area contributed by atoms with Gasteiger partial charge in [-0.05, 0) is 13.8 Å². The fourth-order valence-electron chi connectivity index (χ4n) is 0.986. The molecule has 2 rings (SSSR count). The molecule has 1 atom stereocenters. The maximum atomic E-state index is 5.61. The first kappa shape index (κ1) is 9.29. The third-order valence-corrected chi connectivity index (χ3v) is 2.46. The number of rotatable bonds is 2. The van der Waals surface area contributed by atoms with E-state index in [1.54, 1.807) is 18.3 Å². The summed E-state index contributed by atoms with van der Waals surface area (Å²) in [5.74, 6) is 0.937. The van der Waals surface area contributed by atoms with Gasteiger partial charge in [-0.3, -0.25) is 0 Å². The molecule has 0 bridgehead atoms. The molecule has 0 saturated heterocycles. The van der Waals surface area contributed by atoms with E-state index >= 15 is 0 Å². The van der Waals surface area contributed by atoms with E-state index in [0.29, 0.717) is 17.4 Å². The summed E-state index contributed by atoms with van der Waals surface area (Å²) in [5.41, 5.74) is 6.32. The number of nitrogens with zero attached hydrogens (tertiary/aromatic N) is 3. The Labute approximate surface area is 85.0 Å². The Hall–Kier alpha value is -1.27. The summed E-state index contributed by atoms with van der Waals surface area (Å²) in [5, 5.41) is 6.61. The van der Waals surface area contributed by atoms with Crippen LogP contribution in [0.1, 0.15) is 23.8 Å². The molecule has 5 nitrogen and oxygen atoms in total. The van der Waals surface area contributed by atoms with E-state index in [2.05, 4.69) is 15.1 Å². The second-order valence-electron chi connectivity index (χ2n) is 3.00. The maximum absolute atomic E-state index is 5.61. The van der Waals surface area contributed by atoms with Crippen LogP contribution in [0.5, 0.6) is 0 Å². The lowest BCUT2D eigenvalue weighted by Gasteiger charge is -1.92. The Bertz CT molecular complexity index is 434. The number of hydrogen-bond acceptors (Lipinski definition) is 6. The number of aromatic nitrogens is 3. The first-order valence-corrected chi connectivity index (χ1v) is 5.06. The van der Waals surface area contributed by atoms with E-state index in [-0.39, 0.29) is 6.04 Å². The first-order chi connectivity index (χ1) is 6.66. The molecule has 6 heteroatoms. The summed E-state index contributed by atoms with van der Waals surface area (Å²) in [6.07, 6.45) is 0. The van der Waals surface area contributed by atoms with Gasteiger partial charge >= 0.3 is 0 Å². The molecular weight excluding hydrogens is 200 g/mol. The maximum Gasteiger partial charge on any atom is 0.277 e. The molecule has 0 amide bonds. The van der Waals surface area contributed by atoms with Crippen LogP contribution in [0.15, 0.2) is 9.90 Å². The van der Waals surface area contributed by atoms with E-state index in [0.717, 1.165) is 5.01 Å². The van der Waals surface area contributed by atoms with E-state index in [9.17, 15) is 0 Å². The van der Waals surface area contributed by atoms with Crippen molar-refractivity contribution in [2.75, 3.05) is 0 Å². The minimum absolute atomic E-state index is 0.216. The minimum Gasteiger partial charge on any atom is -0.332 e. The van der Waals surface area contributed by atoms with Gasteiger partial charge in [-0.25, -0.2) is 4.98 Å². The summed E-state index contributed by atoms with van der Waals surface area (Å²) in [4.78, 5) is 8.37. The van der Waals surface area contributed by atoms with E-state index in [1.807, 2.05) is 12.3 Å². The lowest BCUT2D eigenvalue weighted by atomic mass is 10.3. The van der Waals surface area contributed by atoms with Gasteiger partial charge in [0.05, 0.1) is 11.0 Å². The van der Waals surface area contributed by atoms with Crippen LogP contribution in [-0.2, 0) is 0 Å². The van der Waals surface area contributed by atoms with Crippen molar-refractivity contribution >= 4 is 11.3 Å². The highest BCUT2D eigenvalue weighted by Crippen LogP contribution is 2.20. The Balaban J connectivity index is 2.33. The lowest BCUT2D eigenvalue weighted by molar-refractivity contribution is 0.417. The van der Waals surface area contributed by atoms with Gasteiger partial charge in [-0.1, -0.05) is 5.16 Å². The van der Waals surface area contributed by atoms with Crippen LogP contribution in [0.4, 0.5) is 0 Å². The van der Waals surface area contributed by atoms with E-state index < -0.39 is 0 Å². The van der Waals surface area contributed by atoms with Gasteiger partial charge in [0.2, 0.25) is 0 Å². The van der Waals surface area contributed by atoms with Crippen molar-refractivity contribution in [3.8, 4) is 11.6 Å². The Kier molecular flexibility index (Phi) is 2.30. The molecule has 2 aromatic rings. The molecule has 0 spiro atoms. The molecule has 0 aliphatic heterocycles. The molecule has 0 aliphatic carbocycles. The summed E-state index contributed by atoms with van der Waals surface area (Å²) < 4.78 is 5.03. The van der Waals surface area contributed by atoms with Crippen LogP contribution in [0.2, 0.25) is 0 Å². The van der Waals surface area contributed by atoms with Crippen LogP contribution in [0.3, 0.4) is 0 Å². The highest BCUT2D eigenvalue weighted by atomic mass is 32.1. The zero-order chi connectivity index (χ0) is 10.1. The number of nitrogens with two attached hydrogens (primary N) is 1. The van der Waals surface area contributed by atoms with Gasteiger partial charge in [0, 0.05) is 5.38 Å². The zero-order valence-corrected chi connectivity index (χ0v) is 8.71. The van der Waals surface area contributed by atoms with Gasteiger partial charge in [0.15, 0.2) is 5.82 Å². The van der Waals surface area contributed by atoms with Gasteiger partial charge in [-0.15, -0.1) is 11.3 Å². The molecule has 1 unspecified atom stereocenters. The average molecular weight is 210 g/mol. The lowest BCUT2D eigenvalue weighted by Crippen LogP contribution is -2.06. The Morgan fingerprint density at radius 1 is 1.50 bits per heavy atom. The SMILES string of the molecule is Cc1nc(-c2nc(C(C)N)no2)cs1. The molecule has 0 saturated carbocycles. The third-order valence-electron chi connectivity index (χ3n) is 1.69. The highest BCUT2D eigenvalue weighted by molar-refractivity contribution is 7.09. The van der Waals surface area contributed by atoms with Crippen molar-refractivity contribution in [3.05, 3.63) is 16.2 Å². The average Bonchev–Trinajstić information content (AvgIpc) is 2.70. The van der Waals surface area contributed by atoms with E-state index in [1.165, 1.54) is 0 Å². The predicted octanol–water partition coefficient (Wildman–Crippen LogP) is 1.52. The van der Waals surface area contributed by atoms with Crippen LogP contribution < -0.4 is 5.73 Å². The second-order valence-corrected chi connectivity index (χ2v) is 4.06. The largest absolute Gasteiger partial charge is 0.332 e. The second kappa shape index (κ2) is 3.47. The van der Waals surface area contributed by atoms with Gasteiger partial charge in [-0.2, -0.15) is 4.98 Å². The van der Waals surface area contributed by atoms with E-state index in [4.69, 9.17) is 10.3 Å². The van der Waals surface area contributed by atoms with Crippen LogP contribution in [0.25, 0.3) is 11.6 Å². The van der Waals surface area contributed by atoms with Gasteiger partial charge in [0.25, 0.3) is 5.89 Å². The van der Waals surface area contributed by atoms with Crippen molar-refractivity contribution in [2.45, 2.75) is 19.9 Å². The summed E-state index contributed by atoms with van der Waals surface area (Å²) in [6.45, 7) is 3.73. The van der Waals surface area contributed by atoms with Crippen LogP contribution in [0, 0.1) is 6.92 Å². The van der Waals surface area contributed by atoms with Gasteiger partial charge < -0.3 is 10.3 Å². The molecule has 14 heavy (non-hydrogen) atoms. The molecule has 0 radical (unpaired) electrons. The first-order valence-electron chi connectivity index (χ1n) is 4.18. The Morgan fingerprint density at radius 3 is 2.79 bits per heavy atom. The quantitative estimate of drug-likeness (QED) is 0.813. The van der Waals surface area contributed by atoms with Crippen molar-refractivity contribution in [1.82, 2.24) is 15.1 Å². The van der Waals surface area contributed by atoms with Crippen molar-refractivity contribution < 1.29 is 4.52 Å². The molecule has 2 heterocycles. The van der Waals surface area contributed by atoms with Crippen LogP contribution >= 0.6 is 11.3 Å². The molecule has 2 N–H and O–H groups in total. The highest BCUT2D eigenvalue weighted by Gasteiger charge is 2.13. The third kappa shape index (κ3) is 1.66. The van der Waals surface area contributed by atoms with Crippen molar-refractivity contribution in [3.63, 3.8) is 0 Å². The summed E-state index contributed by atoms with van der Waals surface area (Å²) >= 11 is 1.55. The van der Waals surface area contributed by atoms with Gasteiger partial charge in [0.1, 0.15) is 5.69 Å². The predicted molar refractivity (Wildman–Crippen MR) is 52.7 cm³/mol. The number of hydrogen-bond donors (Lipinski definition) is 1. The smallest absolute Gasteiger partial charge is 0.277 e. The molecule has 2 aromatic heterocycles. The number of thiazole rings is 1. The minimum atomic E-state index is -0.216. The zero-order valence-electron chi connectivity index (χ0n) is 7.89. The fourth-order valence-corrected chi connectivity index (χ4v) is 1.57. The molecule has 0 aromatic carbocycles. The molecular formula is C8H10N4OS. The summed E-state index contributed by atoms with van der Waals surface area (Å²) in [6, 6.07) is -0.216. The molecule has 74 valence electrons. The number of aryl methyl sites for hydroxylation is 1.